The van der Waals surface area contributed by atoms with Crippen molar-refractivity contribution in [1.29, 1.82) is 0 Å². The molecule has 2 rings (SSSR count). The molecule has 0 saturated heterocycles. The molecule has 1 aromatic heterocycles. The Morgan fingerprint density at radius 1 is 1.03 bits per heavy atom. The number of nitrogens with one attached hydrogen (secondary N) is 2. The average Bonchev–Trinajstić information content (AvgIpc) is 2.77. The molecule has 2 amide bonds. The zero-order chi connectivity index (χ0) is 22.9. The molecule has 31 heavy (non-hydrogen) atoms. The molecule has 10 heteroatoms. The summed E-state index contributed by atoms with van der Waals surface area (Å²) in [6.45, 7) is 6.19. The predicted molar refractivity (Wildman–Crippen MR) is 123 cm³/mol. The number of carbonyl (C=O) groups is 2. The predicted octanol–water partition coefficient (Wildman–Crippen LogP) is 2.52. The topological polar surface area (TPSA) is 108 Å². The second-order valence-electron chi connectivity index (χ2n) is 6.55. The van der Waals surface area contributed by atoms with Crippen molar-refractivity contribution in [2.45, 2.75) is 37.1 Å². The lowest BCUT2D eigenvalue weighted by molar-refractivity contribution is -0.122. The van der Waals surface area contributed by atoms with Crippen LogP contribution in [-0.4, -0.2) is 54.9 Å². The van der Waals surface area contributed by atoms with E-state index in [1.165, 1.54) is 28.3 Å². The van der Waals surface area contributed by atoms with Gasteiger partial charge in [0.15, 0.2) is 0 Å². The largest absolute Gasteiger partial charge is 0.346 e. The fraction of sp³-hybridized carbons (Fsp3) is 0.381. The molecule has 0 bridgehead atoms. The first-order valence-corrected chi connectivity index (χ1v) is 12.5. The molecule has 1 aromatic carbocycles. The summed E-state index contributed by atoms with van der Waals surface area (Å²) in [5.74, 6) is -0.553. The highest BCUT2D eigenvalue weighted by Crippen LogP contribution is 2.19. The van der Waals surface area contributed by atoms with E-state index in [4.69, 9.17) is 0 Å². The van der Waals surface area contributed by atoms with Crippen molar-refractivity contribution in [2.75, 3.05) is 30.7 Å². The third-order valence-corrected chi connectivity index (χ3v) is 7.50. The Kier molecular flexibility index (Phi) is 9.47. The van der Waals surface area contributed by atoms with Gasteiger partial charge in [-0.05, 0) is 30.2 Å². The number of benzene rings is 1. The van der Waals surface area contributed by atoms with Gasteiger partial charge in [-0.2, -0.15) is 4.31 Å². The van der Waals surface area contributed by atoms with Crippen molar-refractivity contribution < 1.29 is 18.0 Å². The van der Waals surface area contributed by atoms with Gasteiger partial charge in [0.2, 0.25) is 21.8 Å². The molecule has 0 spiro atoms. The molecule has 0 aliphatic rings. The maximum atomic E-state index is 12.5. The fourth-order valence-electron chi connectivity index (χ4n) is 2.83. The van der Waals surface area contributed by atoms with E-state index in [9.17, 15) is 18.0 Å². The SMILES string of the molecule is CCc1ccccc1NC(=O)CNC(=O)CSc1ccc(S(=O)(=O)N(CC)CC)cn1. The maximum Gasteiger partial charge on any atom is 0.244 e. The van der Waals surface area contributed by atoms with E-state index >= 15 is 0 Å². The van der Waals surface area contributed by atoms with Crippen molar-refractivity contribution in [3.63, 3.8) is 0 Å². The minimum Gasteiger partial charge on any atom is -0.346 e. The highest BCUT2D eigenvalue weighted by molar-refractivity contribution is 7.99. The van der Waals surface area contributed by atoms with E-state index in [1.807, 2.05) is 31.2 Å². The molecule has 0 unspecified atom stereocenters. The molecule has 0 aliphatic carbocycles. The minimum absolute atomic E-state index is 0.0635. The number of carbonyl (C=O) groups excluding carboxylic acids is 2. The number of aromatic nitrogens is 1. The molecule has 0 saturated carbocycles. The van der Waals surface area contributed by atoms with Crippen LogP contribution in [0.1, 0.15) is 26.3 Å². The van der Waals surface area contributed by atoms with Crippen molar-refractivity contribution in [2.24, 2.45) is 0 Å². The summed E-state index contributed by atoms with van der Waals surface area (Å²) in [5.41, 5.74) is 1.76. The molecule has 1 heterocycles. The van der Waals surface area contributed by atoms with Gasteiger partial charge in [0.05, 0.1) is 17.3 Å². The van der Waals surface area contributed by atoms with Gasteiger partial charge < -0.3 is 10.6 Å². The second-order valence-corrected chi connectivity index (χ2v) is 9.48. The van der Waals surface area contributed by atoms with Crippen molar-refractivity contribution in [3.05, 3.63) is 48.2 Å². The van der Waals surface area contributed by atoms with E-state index in [2.05, 4.69) is 15.6 Å². The first-order valence-electron chi connectivity index (χ1n) is 10.0. The number of para-hydroxylation sites is 1. The van der Waals surface area contributed by atoms with Gasteiger partial charge in [-0.15, -0.1) is 0 Å². The van der Waals surface area contributed by atoms with Gasteiger partial charge in [-0.1, -0.05) is 50.7 Å². The number of thioether (sulfide) groups is 1. The number of pyridine rings is 1. The number of nitrogens with zero attached hydrogens (tertiary/aromatic N) is 2. The van der Waals surface area contributed by atoms with Crippen LogP contribution in [0.25, 0.3) is 0 Å². The molecule has 0 fully saturated rings. The van der Waals surface area contributed by atoms with Crippen molar-refractivity contribution in [3.8, 4) is 0 Å². The number of sulfonamides is 1. The van der Waals surface area contributed by atoms with E-state index in [0.29, 0.717) is 18.1 Å². The average molecular weight is 465 g/mol. The molecular weight excluding hydrogens is 436 g/mol. The Hall–Kier alpha value is -2.43. The first kappa shape index (κ1) is 24.8. The Labute approximate surface area is 187 Å². The van der Waals surface area contributed by atoms with Crippen LogP contribution in [-0.2, 0) is 26.0 Å². The smallest absolute Gasteiger partial charge is 0.244 e. The van der Waals surface area contributed by atoms with E-state index in [0.717, 1.165) is 17.7 Å². The van der Waals surface area contributed by atoms with Crippen LogP contribution >= 0.6 is 11.8 Å². The number of hydrogen-bond donors (Lipinski definition) is 2. The Morgan fingerprint density at radius 3 is 2.35 bits per heavy atom. The minimum atomic E-state index is -3.56. The van der Waals surface area contributed by atoms with Gasteiger partial charge in [0.25, 0.3) is 0 Å². The van der Waals surface area contributed by atoms with E-state index in [-0.39, 0.29) is 29.0 Å². The lowest BCUT2D eigenvalue weighted by atomic mass is 10.1. The number of aryl methyl sites for hydroxylation is 1. The lowest BCUT2D eigenvalue weighted by Crippen LogP contribution is -2.34. The highest BCUT2D eigenvalue weighted by Gasteiger charge is 2.21. The second kappa shape index (κ2) is 11.8. The summed E-state index contributed by atoms with van der Waals surface area (Å²) in [6, 6.07) is 10.6. The van der Waals surface area contributed by atoms with Gasteiger partial charge >= 0.3 is 0 Å². The zero-order valence-corrected chi connectivity index (χ0v) is 19.6. The summed E-state index contributed by atoms with van der Waals surface area (Å²) < 4.78 is 26.3. The summed E-state index contributed by atoms with van der Waals surface area (Å²) in [5, 5.41) is 5.89. The molecule has 0 aliphatic heterocycles. The molecular formula is C21H28N4O4S2. The first-order chi connectivity index (χ1) is 14.8. The van der Waals surface area contributed by atoms with E-state index < -0.39 is 10.0 Å². The quantitative estimate of drug-likeness (QED) is 0.495. The molecule has 0 atom stereocenters. The maximum absolute atomic E-state index is 12.5. The van der Waals surface area contributed by atoms with Crippen LogP contribution in [0.3, 0.4) is 0 Å². The fourth-order valence-corrected chi connectivity index (χ4v) is 4.91. The highest BCUT2D eigenvalue weighted by atomic mass is 32.2. The van der Waals surface area contributed by atoms with Gasteiger partial charge in [0, 0.05) is 25.0 Å². The van der Waals surface area contributed by atoms with Crippen LogP contribution in [0, 0.1) is 0 Å². The van der Waals surface area contributed by atoms with Crippen LogP contribution < -0.4 is 10.6 Å². The van der Waals surface area contributed by atoms with Crippen LogP contribution in [0.2, 0.25) is 0 Å². The molecule has 8 nitrogen and oxygen atoms in total. The van der Waals surface area contributed by atoms with Crippen LogP contribution in [0.15, 0.2) is 52.5 Å². The summed E-state index contributed by atoms with van der Waals surface area (Å²) in [4.78, 5) is 28.4. The lowest BCUT2D eigenvalue weighted by Gasteiger charge is -2.18. The Balaban J connectivity index is 1.83. The van der Waals surface area contributed by atoms with Crippen LogP contribution in [0.4, 0.5) is 5.69 Å². The summed E-state index contributed by atoms with van der Waals surface area (Å²) in [6.07, 6.45) is 2.09. The number of anilines is 1. The van der Waals surface area contributed by atoms with Gasteiger partial charge in [0.1, 0.15) is 4.90 Å². The molecule has 2 N–H and O–H groups in total. The molecule has 0 radical (unpaired) electrons. The monoisotopic (exact) mass is 464 g/mol. The van der Waals surface area contributed by atoms with E-state index in [1.54, 1.807) is 19.9 Å². The van der Waals surface area contributed by atoms with Gasteiger partial charge in [-0.25, -0.2) is 13.4 Å². The third-order valence-electron chi connectivity index (χ3n) is 4.52. The molecule has 168 valence electrons. The molecule has 2 aromatic rings. The number of rotatable bonds is 11. The normalized spacial score (nSPS) is 11.4. The van der Waals surface area contributed by atoms with Gasteiger partial charge in [-0.3, -0.25) is 9.59 Å². The number of hydrogen-bond acceptors (Lipinski definition) is 6. The third kappa shape index (κ3) is 7.05. The Morgan fingerprint density at radius 2 is 1.74 bits per heavy atom. The van der Waals surface area contributed by atoms with Crippen LogP contribution in [0.5, 0.6) is 0 Å². The van der Waals surface area contributed by atoms with Crippen molar-refractivity contribution in [1.82, 2.24) is 14.6 Å². The summed E-state index contributed by atoms with van der Waals surface area (Å²) >= 11 is 1.17. The Bertz CT molecular complexity index is 991. The summed E-state index contributed by atoms with van der Waals surface area (Å²) in [7, 11) is -3.56. The number of amides is 2. The zero-order valence-electron chi connectivity index (χ0n) is 17.9. The standard InChI is InChI=1S/C21H28N4O4S2/c1-4-16-9-7-8-10-18(16)24-19(26)14-22-20(27)15-30-21-12-11-17(13-23-21)31(28,29)25(5-2)6-3/h7-13H,4-6,14-15H2,1-3H3,(H,22,27)(H,24,26). The van der Waals surface area contributed by atoms with Crippen molar-refractivity contribution >= 4 is 39.3 Å².